The molecule has 3 amide bonds. The third-order valence-electron chi connectivity index (χ3n) is 6.93. The Hall–Kier alpha value is -4.99. The van der Waals surface area contributed by atoms with E-state index in [0.29, 0.717) is 5.82 Å². The van der Waals surface area contributed by atoms with E-state index in [0.717, 1.165) is 17.0 Å². The van der Waals surface area contributed by atoms with Gasteiger partial charge in [0.2, 0.25) is 0 Å². The van der Waals surface area contributed by atoms with Crippen LogP contribution in [0, 0.1) is 11.3 Å². The summed E-state index contributed by atoms with van der Waals surface area (Å²) in [5.74, 6) is -0.443. The van der Waals surface area contributed by atoms with Crippen LogP contribution >= 0.6 is 0 Å². The molecule has 0 saturated carbocycles. The van der Waals surface area contributed by atoms with Gasteiger partial charge in [-0.05, 0) is 49.7 Å². The number of nitriles is 1. The zero-order valence-electron chi connectivity index (χ0n) is 22.9. The fraction of sp³-hybridized carbons (Fsp3) is 0.286. The summed E-state index contributed by atoms with van der Waals surface area (Å²) in [4.78, 5) is 44.1. The molecule has 1 unspecified atom stereocenters. The molecule has 3 aromatic rings. The molecular formula is C28H26F3N7O3. The van der Waals surface area contributed by atoms with Crippen molar-refractivity contribution in [1.29, 1.82) is 5.26 Å². The standard InChI is InChI=1S/C28H26F3N7O3/c1-16-24(17(2)39)25(37(5)27(41)38(16)20-8-6-7-19(12-20)28(29,30)31)21-10-9-18(13-32)11-22(21)26(40)35(3)14-23-34-33-15-36(23)4/h6-12,15,25H,14H2,1-5H3. The highest BCUT2D eigenvalue weighted by molar-refractivity contribution is 6.06. The highest BCUT2D eigenvalue weighted by Gasteiger charge is 2.41. The average molecular weight is 566 g/mol. The summed E-state index contributed by atoms with van der Waals surface area (Å²) in [5.41, 5.74) is -0.231. The van der Waals surface area contributed by atoms with Crippen LogP contribution in [0.3, 0.4) is 0 Å². The quantitative estimate of drug-likeness (QED) is 0.436. The molecule has 0 radical (unpaired) electrons. The maximum Gasteiger partial charge on any atom is 0.416 e. The second kappa shape index (κ2) is 10.9. The number of alkyl halides is 3. The number of anilines is 1. The van der Waals surface area contributed by atoms with E-state index in [2.05, 4.69) is 10.2 Å². The Morgan fingerprint density at radius 1 is 1.15 bits per heavy atom. The number of carbonyl (C=O) groups excluding carboxylic acids is 3. The summed E-state index contributed by atoms with van der Waals surface area (Å²) in [7, 11) is 4.66. The predicted octanol–water partition coefficient (Wildman–Crippen LogP) is 4.45. The SMILES string of the molecule is CC(=O)C1=C(C)N(c2cccc(C(F)(F)F)c2)C(=O)N(C)C1c1ccc(C#N)cc1C(=O)N(C)Cc1nncn1C. The van der Waals surface area contributed by atoms with Crippen LogP contribution in [0.5, 0.6) is 0 Å². The summed E-state index contributed by atoms with van der Waals surface area (Å²) in [6, 6.07) is 8.86. The lowest BCUT2D eigenvalue weighted by Gasteiger charge is -2.42. The Kier molecular flexibility index (Phi) is 7.70. The van der Waals surface area contributed by atoms with E-state index in [4.69, 9.17) is 0 Å². The molecule has 13 heteroatoms. The molecule has 1 aliphatic rings. The molecule has 2 heterocycles. The molecule has 1 aliphatic heterocycles. The molecule has 0 spiro atoms. The molecule has 0 N–H and O–H groups in total. The number of aromatic nitrogens is 3. The van der Waals surface area contributed by atoms with Crippen molar-refractivity contribution in [3.63, 3.8) is 0 Å². The maximum absolute atomic E-state index is 13.7. The zero-order valence-corrected chi connectivity index (χ0v) is 22.9. The van der Waals surface area contributed by atoms with Gasteiger partial charge >= 0.3 is 12.2 Å². The van der Waals surface area contributed by atoms with E-state index >= 15 is 0 Å². The first-order valence-electron chi connectivity index (χ1n) is 12.3. The molecule has 1 aromatic heterocycles. The number of nitrogens with zero attached hydrogens (tertiary/aromatic N) is 7. The van der Waals surface area contributed by atoms with Crippen molar-refractivity contribution in [2.24, 2.45) is 7.05 Å². The Morgan fingerprint density at radius 3 is 2.44 bits per heavy atom. The number of rotatable bonds is 6. The first kappa shape index (κ1) is 29.0. The van der Waals surface area contributed by atoms with Gasteiger partial charge in [-0.3, -0.25) is 14.5 Å². The molecule has 10 nitrogen and oxygen atoms in total. The van der Waals surface area contributed by atoms with Crippen LogP contribution < -0.4 is 4.90 Å². The summed E-state index contributed by atoms with van der Waals surface area (Å²) >= 11 is 0. The molecular weight excluding hydrogens is 539 g/mol. The number of allylic oxidation sites excluding steroid dienone is 1. The lowest BCUT2D eigenvalue weighted by molar-refractivity contribution is -0.137. The summed E-state index contributed by atoms with van der Waals surface area (Å²) in [6.07, 6.45) is -3.15. The van der Waals surface area contributed by atoms with Crippen LogP contribution in [0.1, 0.15) is 52.8 Å². The van der Waals surface area contributed by atoms with E-state index in [9.17, 15) is 32.8 Å². The lowest BCUT2D eigenvalue weighted by Crippen LogP contribution is -2.49. The van der Waals surface area contributed by atoms with Crippen molar-refractivity contribution in [3.8, 4) is 6.07 Å². The van der Waals surface area contributed by atoms with Crippen molar-refractivity contribution in [1.82, 2.24) is 24.6 Å². The Balaban J connectivity index is 1.86. The maximum atomic E-state index is 13.7. The Bertz CT molecular complexity index is 1620. The number of benzene rings is 2. The van der Waals surface area contributed by atoms with Crippen LogP contribution in [-0.2, 0) is 24.6 Å². The van der Waals surface area contributed by atoms with Gasteiger partial charge in [-0.25, -0.2) is 4.79 Å². The number of Topliss-reactive ketones (excluding diaryl/α,β-unsaturated/α-hetero) is 1. The van der Waals surface area contributed by atoms with Gasteiger partial charge in [-0.1, -0.05) is 12.1 Å². The van der Waals surface area contributed by atoms with Crippen LogP contribution in [0.4, 0.5) is 23.7 Å². The minimum absolute atomic E-state index is 0.0640. The third kappa shape index (κ3) is 5.41. The molecule has 0 fully saturated rings. The second-order valence-electron chi connectivity index (χ2n) is 9.67. The molecule has 2 aromatic carbocycles. The van der Waals surface area contributed by atoms with Crippen molar-refractivity contribution in [2.45, 2.75) is 32.6 Å². The minimum Gasteiger partial charge on any atom is -0.334 e. The number of carbonyl (C=O) groups is 3. The summed E-state index contributed by atoms with van der Waals surface area (Å²) in [5, 5.41) is 17.3. The number of hydrogen-bond donors (Lipinski definition) is 0. The molecule has 1 atom stereocenters. The second-order valence-corrected chi connectivity index (χ2v) is 9.67. The van der Waals surface area contributed by atoms with Gasteiger partial charge in [0.05, 0.1) is 35.5 Å². The van der Waals surface area contributed by atoms with Crippen LogP contribution in [0.15, 0.2) is 60.1 Å². The van der Waals surface area contributed by atoms with E-state index in [1.165, 1.54) is 74.4 Å². The third-order valence-corrected chi connectivity index (χ3v) is 6.93. The normalized spacial score (nSPS) is 15.7. The number of hydrogen-bond acceptors (Lipinski definition) is 6. The van der Waals surface area contributed by atoms with Gasteiger partial charge < -0.3 is 14.4 Å². The van der Waals surface area contributed by atoms with Gasteiger partial charge in [0.15, 0.2) is 11.6 Å². The highest BCUT2D eigenvalue weighted by atomic mass is 19.4. The number of aryl methyl sites for hydroxylation is 1. The number of urea groups is 1. The Morgan fingerprint density at radius 2 is 1.85 bits per heavy atom. The first-order valence-corrected chi connectivity index (χ1v) is 12.3. The van der Waals surface area contributed by atoms with Gasteiger partial charge in [-0.2, -0.15) is 18.4 Å². The molecule has 212 valence electrons. The fourth-order valence-corrected chi connectivity index (χ4v) is 4.85. The summed E-state index contributed by atoms with van der Waals surface area (Å²) in [6.45, 7) is 2.84. The summed E-state index contributed by atoms with van der Waals surface area (Å²) < 4.78 is 42.0. The smallest absolute Gasteiger partial charge is 0.334 e. The molecule has 4 rings (SSSR count). The van der Waals surface area contributed by atoms with Gasteiger partial charge in [-0.15, -0.1) is 10.2 Å². The van der Waals surface area contributed by atoms with Gasteiger partial charge in [0.1, 0.15) is 6.33 Å². The van der Waals surface area contributed by atoms with Crippen LogP contribution in [0.2, 0.25) is 0 Å². The van der Waals surface area contributed by atoms with E-state index < -0.39 is 35.5 Å². The molecule has 0 aliphatic carbocycles. The monoisotopic (exact) mass is 565 g/mol. The number of ketones is 1. The van der Waals surface area contributed by atoms with Crippen molar-refractivity contribution in [3.05, 3.63) is 88.1 Å². The minimum atomic E-state index is -4.64. The van der Waals surface area contributed by atoms with Crippen LogP contribution in [-0.4, -0.2) is 56.4 Å². The largest absolute Gasteiger partial charge is 0.416 e. The van der Waals surface area contributed by atoms with E-state index in [1.807, 2.05) is 6.07 Å². The fourth-order valence-electron chi connectivity index (χ4n) is 4.85. The topological polar surface area (TPSA) is 115 Å². The molecule has 0 saturated heterocycles. The molecule has 41 heavy (non-hydrogen) atoms. The zero-order chi connectivity index (χ0) is 30.2. The predicted molar refractivity (Wildman–Crippen MR) is 141 cm³/mol. The van der Waals surface area contributed by atoms with Crippen molar-refractivity contribution in [2.75, 3.05) is 19.0 Å². The number of amides is 3. The Labute approximate surface area is 233 Å². The first-order chi connectivity index (χ1) is 19.3. The van der Waals surface area contributed by atoms with Crippen LogP contribution in [0.25, 0.3) is 0 Å². The number of likely N-dealkylation sites (N-methyl/N-ethyl adjacent to an activating group) is 1. The highest BCUT2D eigenvalue weighted by Crippen LogP contribution is 2.41. The van der Waals surface area contributed by atoms with Gasteiger partial charge in [0, 0.05) is 38.0 Å². The van der Waals surface area contributed by atoms with Gasteiger partial charge in [0.25, 0.3) is 5.91 Å². The lowest BCUT2D eigenvalue weighted by atomic mass is 9.87. The van der Waals surface area contributed by atoms with Crippen molar-refractivity contribution < 1.29 is 27.6 Å². The number of halogens is 3. The molecule has 0 bridgehead atoms. The average Bonchev–Trinajstić information content (AvgIpc) is 3.33. The van der Waals surface area contributed by atoms with E-state index in [-0.39, 0.29) is 40.2 Å². The van der Waals surface area contributed by atoms with E-state index in [1.54, 1.807) is 11.6 Å². The van der Waals surface area contributed by atoms with Crippen molar-refractivity contribution >= 4 is 23.4 Å².